The molecule has 0 aliphatic carbocycles. The number of amides is 1. The number of nitrogens with zero attached hydrogens (tertiary/aromatic N) is 2. The molecule has 5 nitrogen and oxygen atoms in total. The van der Waals surface area contributed by atoms with Gasteiger partial charge in [0.05, 0.1) is 17.9 Å². The van der Waals surface area contributed by atoms with Crippen molar-refractivity contribution in [3.63, 3.8) is 0 Å². The lowest BCUT2D eigenvalue weighted by Crippen LogP contribution is -2.49. The number of halogens is 1. The van der Waals surface area contributed by atoms with Gasteiger partial charge in [-0.05, 0) is 13.8 Å². The minimum Gasteiger partial charge on any atom is -0.371 e. The molecule has 0 radical (unpaired) electrons. The molecule has 17 heavy (non-hydrogen) atoms. The second kappa shape index (κ2) is 5.18. The van der Waals surface area contributed by atoms with Crippen molar-refractivity contribution in [2.45, 2.75) is 26.1 Å². The third-order valence-corrected chi connectivity index (χ3v) is 3.35. The van der Waals surface area contributed by atoms with Gasteiger partial charge in [0.25, 0.3) is 5.91 Å². The Labute approximate surface area is 108 Å². The average molecular weight is 303 g/mol. The summed E-state index contributed by atoms with van der Waals surface area (Å²) in [6.45, 7) is 4.92. The van der Waals surface area contributed by atoms with E-state index in [2.05, 4.69) is 21.1 Å². The van der Waals surface area contributed by atoms with Crippen LogP contribution in [0.25, 0.3) is 0 Å². The summed E-state index contributed by atoms with van der Waals surface area (Å²) >= 11 is 3.38. The normalized spacial score (nSPS) is 25.0. The van der Waals surface area contributed by atoms with Crippen LogP contribution in [-0.2, 0) is 4.74 Å². The summed E-state index contributed by atoms with van der Waals surface area (Å²) in [4.78, 5) is 13.9. The van der Waals surface area contributed by atoms with Gasteiger partial charge in [-0.25, -0.2) is 0 Å². The van der Waals surface area contributed by atoms with Crippen LogP contribution >= 0.6 is 15.9 Å². The van der Waals surface area contributed by atoms with Crippen molar-refractivity contribution < 1.29 is 14.1 Å². The van der Waals surface area contributed by atoms with Crippen molar-refractivity contribution in [2.24, 2.45) is 0 Å². The Morgan fingerprint density at radius 1 is 1.65 bits per heavy atom. The second-order valence-corrected chi connectivity index (χ2v) is 4.91. The molecular weight excluding hydrogens is 288 g/mol. The first-order valence-electron chi connectivity index (χ1n) is 5.54. The number of aromatic nitrogens is 1. The molecule has 1 fully saturated rings. The molecule has 1 saturated heterocycles. The highest BCUT2D eigenvalue weighted by Gasteiger charge is 2.29. The highest BCUT2D eigenvalue weighted by atomic mass is 79.9. The molecule has 2 atom stereocenters. The molecule has 94 valence electrons. The van der Waals surface area contributed by atoms with Crippen molar-refractivity contribution >= 4 is 21.8 Å². The van der Waals surface area contributed by atoms with Crippen LogP contribution in [0.15, 0.2) is 10.6 Å². The fourth-order valence-electron chi connectivity index (χ4n) is 1.92. The van der Waals surface area contributed by atoms with Crippen molar-refractivity contribution in [1.82, 2.24) is 10.1 Å². The van der Waals surface area contributed by atoms with E-state index in [0.717, 1.165) is 5.33 Å². The summed E-state index contributed by atoms with van der Waals surface area (Å²) in [7, 11) is 0. The maximum Gasteiger partial charge on any atom is 0.292 e. The van der Waals surface area contributed by atoms with Gasteiger partial charge in [-0.15, -0.1) is 0 Å². The molecule has 1 aromatic heterocycles. The fourth-order valence-corrected chi connectivity index (χ4v) is 2.27. The molecule has 2 rings (SSSR count). The lowest BCUT2D eigenvalue weighted by Gasteiger charge is -2.35. The van der Waals surface area contributed by atoms with Crippen molar-refractivity contribution in [3.05, 3.63) is 17.5 Å². The van der Waals surface area contributed by atoms with E-state index < -0.39 is 0 Å². The quantitative estimate of drug-likeness (QED) is 0.779. The topological polar surface area (TPSA) is 55.6 Å². The number of morpholine rings is 1. The van der Waals surface area contributed by atoms with Crippen LogP contribution in [0.1, 0.15) is 23.2 Å². The number of rotatable bonds is 2. The molecule has 0 bridgehead atoms. The van der Waals surface area contributed by atoms with Crippen LogP contribution in [0.3, 0.4) is 0 Å². The highest BCUT2D eigenvalue weighted by molar-refractivity contribution is 9.09. The van der Waals surface area contributed by atoms with Gasteiger partial charge in [0.1, 0.15) is 0 Å². The van der Waals surface area contributed by atoms with Gasteiger partial charge < -0.3 is 14.2 Å². The predicted molar refractivity (Wildman–Crippen MR) is 65.3 cm³/mol. The van der Waals surface area contributed by atoms with Gasteiger partial charge in [0, 0.05) is 24.5 Å². The lowest BCUT2D eigenvalue weighted by atomic mass is 10.2. The molecule has 0 spiro atoms. The van der Waals surface area contributed by atoms with Crippen LogP contribution in [-0.4, -0.2) is 46.6 Å². The fraction of sp³-hybridized carbons (Fsp3) is 0.636. The van der Waals surface area contributed by atoms with Gasteiger partial charge >= 0.3 is 0 Å². The van der Waals surface area contributed by atoms with Crippen molar-refractivity contribution in [3.8, 4) is 0 Å². The molecule has 1 aliphatic rings. The molecule has 0 N–H and O–H groups in total. The van der Waals surface area contributed by atoms with Crippen LogP contribution in [0.2, 0.25) is 0 Å². The molecule has 0 aromatic carbocycles. The summed E-state index contributed by atoms with van der Waals surface area (Å²) in [5, 5.41) is 4.45. The number of hydrogen-bond donors (Lipinski definition) is 0. The Kier molecular flexibility index (Phi) is 3.83. The Hall–Kier alpha value is -0.880. The maximum absolute atomic E-state index is 12.1. The number of ether oxygens (including phenoxy) is 1. The minimum atomic E-state index is -0.119. The molecule has 1 aromatic rings. The molecule has 6 heteroatoms. The number of alkyl halides is 1. The second-order valence-electron chi connectivity index (χ2n) is 4.27. The number of aryl methyl sites for hydroxylation is 1. The van der Waals surface area contributed by atoms with Gasteiger partial charge in [0.2, 0.25) is 5.76 Å². The summed E-state index contributed by atoms with van der Waals surface area (Å²) in [5.41, 5.74) is 0.715. The van der Waals surface area contributed by atoms with E-state index >= 15 is 0 Å². The van der Waals surface area contributed by atoms with E-state index in [0.29, 0.717) is 24.5 Å². The van der Waals surface area contributed by atoms with Gasteiger partial charge in [0.15, 0.2) is 0 Å². The van der Waals surface area contributed by atoms with Crippen LogP contribution < -0.4 is 0 Å². The van der Waals surface area contributed by atoms with E-state index in [1.165, 1.54) is 0 Å². The average Bonchev–Trinajstić information content (AvgIpc) is 2.74. The first kappa shape index (κ1) is 12.6. The first-order valence-corrected chi connectivity index (χ1v) is 6.66. The SMILES string of the molecule is Cc1cc(C(=O)N2CC(C)OC(CBr)C2)on1. The first-order chi connectivity index (χ1) is 8.10. The molecular formula is C11H15BrN2O3. The number of carbonyl (C=O) groups is 1. The zero-order valence-corrected chi connectivity index (χ0v) is 11.4. The summed E-state index contributed by atoms with van der Waals surface area (Å²) in [5.74, 6) is 0.177. The zero-order valence-electron chi connectivity index (χ0n) is 9.85. The Morgan fingerprint density at radius 2 is 2.41 bits per heavy atom. The summed E-state index contributed by atoms with van der Waals surface area (Å²) in [6.07, 6.45) is 0.0750. The Morgan fingerprint density at radius 3 is 3.00 bits per heavy atom. The highest BCUT2D eigenvalue weighted by Crippen LogP contribution is 2.16. The standard InChI is InChI=1S/C11H15BrN2O3/c1-7-3-10(17-13-7)11(15)14-5-8(2)16-9(4-12)6-14/h3,8-9H,4-6H2,1-2H3. The Bertz CT molecular complexity index is 407. The van der Waals surface area contributed by atoms with Crippen LogP contribution in [0.4, 0.5) is 0 Å². The van der Waals surface area contributed by atoms with Gasteiger partial charge in [-0.1, -0.05) is 21.1 Å². The molecule has 2 heterocycles. The Balaban J connectivity index is 2.08. The predicted octanol–water partition coefficient (Wildman–Crippen LogP) is 1.61. The molecule has 1 aliphatic heterocycles. The lowest BCUT2D eigenvalue weighted by molar-refractivity contribution is -0.0567. The largest absolute Gasteiger partial charge is 0.371 e. The minimum absolute atomic E-state index is 0.0340. The maximum atomic E-state index is 12.1. The molecule has 0 saturated carbocycles. The van der Waals surface area contributed by atoms with Crippen molar-refractivity contribution in [2.75, 3.05) is 18.4 Å². The monoisotopic (exact) mass is 302 g/mol. The molecule has 1 amide bonds. The van der Waals surface area contributed by atoms with Gasteiger partial charge in [-0.3, -0.25) is 4.79 Å². The smallest absolute Gasteiger partial charge is 0.292 e. The number of carbonyl (C=O) groups excluding carboxylic acids is 1. The summed E-state index contributed by atoms with van der Waals surface area (Å²) in [6, 6.07) is 1.66. The van der Waals surface area contributed by atoms with E-state index in [9.17, 15) is 4.79 Å². The van der Waals surface area contributed by atoms with E-state index in [4.69, 9.17) is 9.26 Å². The van der Waals surface area contributed by atoms with Crippen LogP contribution in [0, 0.1) is 6.92 Å². The zero-order chi connectivity index (χ0) is 12.4. The molecule has 2 unspecified atom stereocenters. The third-order valence-electron chi connectivity index (χ3n) is 2.62. The van der Waals surface area contributed by atoms with E-state index in [1.54, 1.807) is 17.9 Å². The van der Waals surface area contributed by atoms with Crippen molar-refractivity contribution in [1.29, 1.82) is 0 Å². The van der Waals surface area contributed by atoms with E-state index in [1.807, 2.05) is 6.92 Å². The van der Waals surface area contributed by atoms with Crippen LogP contribution in [0.5, 0.6) is 0 Å². The summed E-state index contributed by atoms with van der Waals surface area (Å²) < 4.78 is 10.7. The third kappa shape index (κ3) is 2.87. The van der Waals surface area contributed by atoms with E-state index in [-0.39, 0.29) is 18.1 Å². The number of hydrogen-bond acceptors (Lipinski definition) is 4. The van der Waals surface area contributed by atoms with Gasteiger partial charge in [-0.2, -0.15) is 0 Å².